The van der Waals surface area contributed by atoms with Crippen LogP contribution in [-0.4, -0.2) is 35.4 Å². The molecule has 0 aromatic rings. The molecule has 0 aromatic carbocycles. The minimum Gasteiger partial charge on any atom is -0.465 e. The summed E-state index contributed by atoms with van der Waals surface area (Å²) in [5.41, 5.74) is -0.110. The predicted molar refractivity (Wildman–Crippen MR) is 153 cm³/mol. The molecule has 5 fully saturated rings. The first-order valence-electron chi connectivity index (χ1n) is 16.0. The Kier molecular flexibility index (Phi) is 6.93. The van der Waals surface area contributed by atoms with Crippen LogP contribution < -0.4 is 0 Å². The van der Waals surface area contributed by atoms with Gasteiger partial charge in [-0.05, 0) is 124 Å². The van der Waals surface area contributed by atoms with Crippen LogP contribution >= 0.6 is 0 Å². The average molecular weight is 545 g/mol. The van der Waals surface area contributed by atoms with Crippen LogP contribution in [-0.2, 0) is 19.1 Å². The second-order valence-electron chi connectivity index (χ2n) is 16.6. The Morgan fingerprint density at radius 3 is 2.10 bits per heavy atom. The van der Waals surface area contributed by atoms with Crippen LogP contribution in [0.4, 0.5) is 0 Å². The number of rotatable bonds is 4. The van der Waals surface area contributed by atoms with E-state index in [1.807, 2.05) is 13.8 Å². The van der Waals surface area contributed by atoms with Crippen molar-refractivity contribution in [2.45, 2.75) is 138 Å². The highest BCUT2D eigenvalue weighted by atomic mass is 16.5. The zero-order valence-corrected chi connectivity index (χ0v) is 26.3. The summed E-state index contributed by atoms with van der Waals surface area (Å²) in [6.07, 6.45) is 11.3. The fourth-order valence-corrected chi connectivity index (χ4v) is 12.4. The van der Waals surface area contributed by atoms with Crippen LogP contribution in [0.1, 0.15) is 127 Å². The first kappa shape index (κ1) is 29.4. The maximum atomic E-state index is 11.9. The highest BCUT2D eigenvalue weighted by Gasteiger charge is 2.71. The number of carbonyl (C=O) groups excluding carboxylic acids is 2. The molecule has 5 heteroatoms. The Bertz CT molecular complexity index is 996. The molecule has 0 saturated heterocycles. The molecule has 10 atom stereocenters. The van der Waals surface area contributed by atoms with Crippen molar-refractivity contribution < 1.29 is 24.2 Å². The van der Waals surface area contributed by atoms with Gasteiger partial charge in [0, 0.05) is 24.7 Å². The zero-order chi connectivity index (χ0) is 28.8. The molecule has 0 heterocycles. The van der Waals surface area contributed by atoms with Gasteiger partial charge in [0.05, 0.1) is 12.2 Å². The van der Waals surface area contributed by atoms with E-state index in [1.165, 1.54) is 39.0 Å². The molecule has 5 saturated carbocycles. The second kappa shape index (κ2) is 9.20. The van der Waals surface area contributed by atoms with Gasteiger partial charge in [0.25, 0.3) is 0 Å². The van der Waals surface area contributed by atoms with Crippen LogP contribution in [0, 0.1) is 56.7 Å². The summed E-state index contributed by atoms with van der Waals surface area (Å²) in [6, 6.07) is 0. The topological polar surface area (TPSA) is 72.8 Å². The summed E-state index contributed by atoms with van der Waals surface area (Å²) in [6.45, 7) is 20.1. The Labute approximate surface area is 237 Å². The van der Waals surface area contributed by atoms with Gasteiger partial charge in [-0.2, -0.15) is 0 Å². The standard InChI is InChI=1S/C34H56O5/c1-21(35)38-20-34-17-12-23(30(5,6)37)28(34)24-10-11-26-31(7)15-14-27(39-22(2)36)29(3,4)25(31)13-16-33(26,9)32(24,8)18-19-34/h23-28,37H,10-20H2,1-9H3/t23-,24?,25?,26?,27+,28?,31+,32-,33-,34-/m1/s1. The molecular formula is C34H56O5. The number of ether oxygens (including phenoxy) is 2. The van der Waals surface area contributed by atoms with E-state index in [4.69, 9.17) is 9.47 Å². The Morgan fingerprint density at radius 2 is 1.49 bits per heavy atom. The SMILES string of the molecule is CC(=O)OC[C@]12CC[C@@H](C(C)(C)O)C1C1CCC3[C@@]4(C)CC[C@H](OC(C)=O)C(C)(C)C4CC[C@@]3(C)[C@]1(C)CC2. The summed E-state index contributed by atoms with van der Waals surface area (Å²) < 4.78 is 11.7. The Balaban J connectivity index is 1.50. The first-order chi connectivity index (χ1) is 17.9. The van der Waals surface area contributed by atoms with Gasteiger partial charge in [-0.1, -0.05) is 34.6 Å². The van der Waals surface area contributed by atoms with E-state index >= 15 is 0 Å². The lowest BCUT2D eigenvalue weighted by atomic mass is 9.32. The maximum absolute atomic E-state index is 11.9. The summed E-state index contributed by atoms with van der Waals surface area (Å²) >= 11 is 0. The van der Waals surface area contributed by atoms with Crippen LogP contribution in [0.25, 0.3) is 0 Å². The highest BCUT2D eigenvalue weighted by Crippen LogP contribution is 2.77. The van der Waals surface area contributed by atoms with Gasteiger partial charge >= 0.3 is 11.9 Å². The number of aliphatic hydroxyl groups is 1. The molecule has 0 aliphatic heterocycles. The van der Waals surface area contributed by atoms with Crippen molar-refractivity contribution in [3.63, 3.8) is 0 Å². The summed E-state index contributed by atoms with van der Waals surface area (Å²) in [5, 5.41) is 11.4. The monoisotopic (exact) mass is 544 g/mol. The number of carbonyl (C=O) groups is 2. The molecule has 0 amide bonds. The first-order valence-corrected chi connectivity index (χ1v) is 16.0. The lowest BCUT2D eigenvalue weighted by molar-refractivity contribution is -0.255. The predicted octanol–water partition coefficient (Wildman–Crippen LogP) is 7.33. The fourth-order valence-electron chi connectivity index (χ4n) is 12.4. The minimum absolute atomic E-state index is 0.00507. The number of hydrogen-bond acceptors (Lipinski definition) is 5. The van der Waals surface area contributed by atoms with Gasteiger partial charge in [0.15, 0.2) is 0 Å². The van der Waals surface area contributed by atoms with Crippen molar-refractivity contribution in [2.75, 3.05) is 6.61 Å². The number of fused-ring (bicyclic) bond motifs is 7. The largest absolute Gasteiger partial charge is 0.465 e. The normalized spacial score (nSPS) is 48.7. The Morgan fingerprint density at radius 1 is 0.795 bits per heavy atom. The van der Waals surface area contributed by atoms with Crippen LogP contribution in [0.2, 0.25) is 0 Å². The van der Waals surface area contributed by atoms with Gasteiger partial charge in [-0.3, -0.25) is 9.59 Å². The van der Waals surface area contributed by atoms with Gasteiger partial charge < -0.3 is 14.6 Å². The minimum atomic E-state index is -0.735. The maximum Gasteiger partial charge on any atom is 0.302 e. The molecule has 222 valence electrons. The molecule has 0 spiro atoms. The van der Waals surface area contributed by atoms with Gasteiger partial charge in [0.1, 0.15) is 6.10 Å². The molecule has 0 radical (unpaired) electrons. The van der Waals surface area contributed by atoms with Crippen molar-refractivity contribution in [1.82, 2.24) is 0 Å². The van der Waals surface area contributed by atoms with Gasteiger partial charge in [-0.15, -0.1) is 0 Å². The quantitative estimate of drug-likeness (QED) is 0.375. The van der Waals surface area contributed by atoms with E-state index in [0.717, 1.165) is 32.1 Å². The molecule has 39 heavy (non-hydrogen) atoms. The molecule has 0 bridgehead atoms. The summed E-state index contributed by atoms with van der Waals surface area (Å²) in [4.78, 5) is 23.9. The second-order valence-corrected chi connectivity index (χ2v) is 16.6. The van der Waals surface area contributed by atoms with E-state index < -0.39 is 5.60 Å². The van der Waals surface area contributed by atoms with E-state index in [2.05, 4.69) is 34.6 Å². The lowest BCUT2D eigenvalue weighted by Gasteiger charge is -2.73. The van der Waals surface area contributed by atoms with Gasteiger partial charge in [0.2, 0.25) is 0 Å². The van der Waals surface area contributed by atoms with Crippen molar-refractivity contribution in [3.8, 4) is 0 Å². The molecule has 5 nitrogen and oxygen atoms in total. The van der Waals surface area contributed by atoms with E-state index in [-0.39, 0.29) is 51.0 Å². The molecule has 5 rings (SSSR count). The summed E-state index contributed by atoms with van der Waals surface area (Å²) in [5.74, 6) is 2.01. The third kappa shape index (κ3) is 4.16. The van der Waals surface area contributed by atoms with Crippen molar-refractivity contribution in [1.29, 1.82) is 0 Å². The van der Waals surface area contributed by atoms with E-state index in [9.17, 15) is 14.7 Å². The fraction of sp³-hybridized carbons (Fsp3) is 0.941. The van der Waals surface area contributed by atoms with Crippen molar-refractivity contribution in [3.05, 3.63) is 0 Å². The van der Waals surface area contributed by atoms with Crippen molar-refractivity contribution >= 4 is 11.9 Å². The molecule has 1 N–H and O–H groups in total. The third-order valence-electron chi connectivity index (χ3n) is 14.3. The molecular weight excluding hydrogens is 488 g/mol. The molecule has 5 aliphatic carbocycles. The van der Waals surface area contributed by atoms with Crippen LogP contribution in [0.15, 0.2) is 0 Å². The van der Waals surface area contributed by atoms with E-state index in [1.54, 1.807) is 6.92 Å². The highest BCUT2D eigenvalue weighted by molar-refractivity contribution is 5.66. The lowest BCUT2D eigenvalue weighted by Crippen LogP contribution is -2.67. The molecule has 5 aliphatic rings. The zero-order valence-electron chi connectivity index (χ0n) is 26.3. The van der Waals surface area contributed by atoms with Crippen LogP contribution in [0.3, 0.4) is 0 Å². The third-order valence-corrected chi connectivity index (χ3v) is 14.3. The number of esters is 2. The average Bonchev–Trinajstić information content (AvgIpc) is 3.20. The smallest absolute Gasteiger partial charge is 0.302 e. The van der Waals surface area contributed by atoms with Crippen LogP contribution in [0.5, 0.6) is 0 Å². The molecule has 0 aromatic heterocycles. The molecule has 4 unspecified atom stereocenters. The van der Waals surface area contributed by atoms with E-state index in [0.29, 0.717) is 30.3 Å². The van der Waals surface area contributed by atoms with Gasteiger partial charge in [-0.25, -0.2) is 0 Å². The Hall–Kier alpha value is -1.10. The van der Waals surface area contributed by atoms with Crippen molar-refractivity contribution in [2.24, 2.45) is 56.7 Å². The number of hydrogen-bond donors (Lipinski definition) is 1. The summed E-state index contributed by atoms with van der Waals surface area (Å²) in [7, 11) is 0.